The van der Waals surface area contributed by atoms with Crippen molar-refractivity contribution in [2.24, 2.45) is 5.92 Å². The van der Waals surface area contributed by atoms with E-state index in [1.54, 1.807) is 0 Å². The van der Waals surface area contributed by atoms with E-state index in [2.05, 4.69) is 151 Å². The molecule has 3 unspecified atom stereocenters. The van der Waals surface area contributed by atoms with Gasteiger partial charge in [0.25, 0.3) is 0 Å². The van der Waals surface area contributed by atoms with Crippen LogP contribution in [0, 0.1) is 5.92 Å². The zero-order valence-electron chi connectivity index (χ0n) is 26.9. The molecule has 1 aliphatic heterocycles. The van der Waals surface area contributed by atoms with E-state index in [9.17, 15) is 0 Å². The maximum Gasteiger partial charge on any atom is 0.217 e. The molecule has 7 aromatic rings. The fourth-order valence-electron chi connectivity index (χ4n) is 8.29. The summed E-state index contributed by atoms with van der Waals surface area (Å²) in [5.41, 5.74) is 9.52. The lowest BCUT2D eigenvalue weighted by atomic mass is 9.63. The number of nitrogens with zero attached hydrogens (tertiary/aromatic N) is 3. The molecule has 4 nitrogen and oxygen atoms in total. The average Bonchev–Trinajstić information content (AvgIpc) is 3.83. The molecule has 0 saturated heterocycles. The van der Waals surface area contributed by atoms with Gasteiger partial charge in [0.05, 0.1) is 5.56 Å². The van der Waals surface area contributed by atoms with Crippen molar-refractivity contribution >= 4 is 21.9 Å². The Hall–Kier alpha value is -4.96. The van der Waals surface area contributed by atoms with E-state index in [-0.39, 0.29) is 11.5 Å². The number of furan rings is 1. The predicted molar refractivity (Wildman–Crippen MR) is 187 cm³/mol. The summed E-state index contributed by atoms with van der Waals surface area (Å²) < 4.78 is 11.3. The van der Waals surface area contributed by atoms with E-state index in [4.69, 9.17) is 9.40 Å². The van der Waals surface area contributed by atoms with Crippen molar-refractivity contribution in [2.75, 3.05) is 0 Å². The summed E-state index contributed by atoms with van der Waals surface area (Å²) in [6, 6.07) is 39.4. The molecule has 0 fully saturated rings. The molecule has 3 aromatic heterocycles. The predicted octanol–water partition coefficient (Wildman–Crippen LogP) is 10.5. The molecule has 0 saturated carbocycles. The van der Waals surface area contributed by atoms with Gasteiger partial charge in [-0.05, 0) is 60.1 Å². The number of benzene rings is 4. The Morgan fingerprint density at radius 2 is 1.63 bits per heavy atom. The summed E-state index contributed by atoms with van der Waals surface area (Å²) in [4.78, 5) is 4.95. The third-order valence-electron chi connectivity index (χ3n) is 10.9. The number of aromatic nitrogens is 3. The number of fused-ring (bicyclic) bond motifs is 7. The summed E-state index contributed by atoms with van der Waals surface area (Å²) in [5.74, 6) is 1.49. The highest BCUT2D eigenvalue weighted by atomic mass is 16.3. The first-order valence-electron chi connectivity index (χ1n) is 16.8. The van der Waals surface area contributed by atoms with Gasteiger partial charge in [-0.2, -0.15) is 4.57 Å². The number of pyridine rings is 1. The summed E-state index contributed by atoms with van der Waals surface area (Å²) in [6.45, 7) is 7.18. The van der Waals surface area contributed by atoms with Crippen LogP contribution in [0.3, 0.4) is 0 Å². The van der Waals surface area contributed by atoms with Crippen LogP contribution in [-0.4, -0.2) is 9.55 Å². The fraction of sp³-hybridized carbons (Fsp3) is 0.238. The minimum absolute atomic E-state index is 0.0273. The summed E-state index contributed by atoms with van der Waals surface area (Å²) in [7, 11) is 0. The van der Waals surface area contributed by atoms with Crippen molar-refractivity contribution in [1.82, 2.24) is 9.55 Å². The topological polar surface area (TPSA) is 34.8 Å². The van der Waals surface area contributed by atoms with Crippen LogP contribution in [0.1, 0.15) is 63.6 Å². The lowest BCUT2D eigenvalue weighted by Crippen LogP contribution is -2.40. The Labute approximate surface area is 271 Å². The lowest BCUT2D eigenvalue weighted by molar-refractivity contribution is -0.698. The van der Waals surface area contributed by atoms with E-state index in [0.717, 1.165) is 48.4 Å². The molecule has 4 aromatic carbocycles. The van der Waals surface area contributed by atoms with Crippen molar-refractivity contribution in [3.63, 3.8) is 0 Å². The van der Waals surface area contributed by atoms with Crippen LogP contribution >= 0.6 is 0 Å². The number of para-hydroxylation sites is 2. The molecule has 0 bridgehead atoms. The van der Waals surface area contributed by atoms with E-state index < -0.39 is 0 Å². The quantitative estimate of drug-likeness (QED) is 0.154. The van der Waals surface area contributed by atoms with E-state index in [0.29, 0.717) is 5.92 Å². The zero-order chi connectivity index (χ0) is 31.3. The smallest absolute Gasteiger partial charge is 0.217 e. The third-order valence-corrected chi connectivity index (χ3v) is 10.9. The van der Waals surface area contributed by atoms with E-state index in [1.807, 2.05) is 6.20 Å². The van der Waals surface area contributed by atoms with Gasteiger partial charge in [0.1, 0.15) is 17.0 Å². The van der Waals surface area contributed by atoms with Gasteiger partial charge in [-0.15, -0.1) is 0 Å². The van der Waals surface area contributed by atoms with Crippen LogP contribution in [-0.2, 0) is 5.41 Å². The highest BCUT2D eigenvalue weighted by Crippen LogP contribution is 2.49. The summed E-state index contributed by atoms with van der Waals surface area (Å²) in [5, 5.41) is 2.37. The van der Waals surface area contributed by atoms with Gasteiger partial charge in [0.2, 0.25) is 5.69 Å². The standard InChI is InChI=1S/C42H40N3O/c1-4-29(3)42(5-2,35-19-11-9-18-33(35)41-43-26-28-44(41)30-15-7-6-8-16-30)25-24-36-34-23-22-32-31-17-10-12-21-38(31)46-40(32)39(34)37-20-13-14-27-45(36)37/h6-23,26-29,36H,4-5,24-25H2,1-3H3/q+1. The Morgan fingerprint density at radius 1 is 0.848 bits per heavy atom. The van der Waals surface area contributed by atoms with E-state index in [1.165, 1.54) is 38.7 Å². The van der Waals surface area contributed by atoms with Crippen molar-refractivity contribution < 1.29 is 8.98 Å². The molecular formula is C42H40N3O+. The summed E-state index contributed by atoms with van der Waals surface area (Å²) in [6.07, 6.45) is 10.5. The first kappa shape index (κ1) is 28.5. The number of rotatable bonds is 9. The Bertz CT molecular complexity index is 2170. The molecule has 4 heteroatoms. The fourth-order valence-corrected chi connectivity index (χ4v) is 8.29. The molecule has 228 valence electrons. The van der Waals surface area contributed by atoms with Crippen LogP contribution < -0.4 is 4.57 Å². The van der Waals surface area contributed by atoms with Crippen molar-refractivity contribution in [3.05, 3.63) is 139 Å². The maximum atomic E-state index is 6.57. The molecule has 3 atom stereocenters. The first-order valence-corrected chi connectivity index (χ1v) is 16.8. The molecule has 0 amide bonds. The minimum atomic E-state index is -0.0273. The van der Waals surface area contributed by atoms with Crippen molar-refractivity contribution in [3.8, 4) is 28.3 Å². The van der Waals surface area contributed by atoms with Gasteiger partial charge in [-0.1, -0.05) is 93.9 Å². The number of hydrogen-bond acceptors (Lipinski definition) is 2. The van der Waals surface area contributed by atoms with Crippen LogP contribution in [0.25, 0.3) is 50.3 Å². The number of hydrogen-bond donors (Lipinski definition) is 0. The first-order chi connectivity index (χ1) is 22.6. The minimum Gasteiger partial charge on any atom is -0.455 e. The van der Waals surface area contributed by atoms with Gasteiger partial charge < -0.3 is 4.42 Å². The van der Waals surface area contributed by atoms with Crippen molar-refractivity contribution in [1.29, 1.82) is 0 Å². The normalized spacial score (nSPS) is 15.9. The van der Waals surface area contributed by atoms with Crippen LogP contribution in [0.5, 0.6) is 0 Å². The molecule has 0 spiro atoms. The second kappa shape index (κ2) is 11.4. The van der Waals surface area contributed by atoms with Gasteiger partial charge in [0.15, 0.2) is 12.2 Å². The van der Waals surface area contributed by atoms with Gasteiger partial charge in [0, 0.05) is 58.5 Å². The molecule has 46 heavy (non-hydrogen) atoms. The second-order valence-electron chi connectivity index (χ2n) is 12.9. The van der Waals surface area contributed by atoms with Crippen molar-refractivity contribution in [2.45, 2.75) is 57.9 Å². The molecule has 1 aliphatic rings. The van der Waals surface area contributed by atoms with Crippen LogP contribution in [0.4, 0.5) is 0 Å². The molecular weight excluding hydrogens is 562 g/mol. The highest BCUT2D eigenvalue weighted by Gasteiger charge is 2.43. The SMILES string of the molecule is CCC(C)C(CC)(CCC1c2ccc3c(oc4ccccc43)c2-c2cccc[n+]21)c1ccccc1-c1nccn1-c1ccccc1. The third kappa shape index (κ3) is 4.34. The van der Waals surface area contributed by atoms with Crippen LogP contribution in [0.15, 0.2) is 132 Å². The average molecular weight is 603 g/mol. The monoisotopic (exact) mass is 602 g/mol. The molecule has 0 radical (unpaired) electrons. The molecule has 8 rings (SSSR count). The zero-order valence-corrected chi connectivity index (χ0v) is 26.9. The highest BCUT2D eigenvalue weighted by molar-refractivity contribution is 6.10. The number of imidazole rings is 1. The molecule has 0 aliphatic carbocycles. The lowest BCUT2D eigenvalue weighted by Gasteiger charge is -2.41. The molecule has 4 heterocycles. The molecule has 0 N–H and O–H groups in total. The Balaban J connectivity index is 1.24. The van der Waals surface area contributed by atoms with Crippen LogP contribution in [0.2, 0.25) is 0 Å². The van der Waals surface area contributed by atoms with E-state index >= 15 is 0 Å². The van der Waals surface area contributed by atoms with Gasteiger partial charge in [-0.25, -0.2) is 4.98 Å². The van der Waals surface area contributed by atoms with Gasteiger partial charge in [-0.3, -0.25) is 4.57 Å². The summed E-state index contributed by atoms with van der Waals surface area (Å²) >= 11 is 0. The Morgan fingerprint density at radius 3 is 2.48 bits per heavy atom. The second-order valence-corrected chi connectivity index (χ2v) is 12.9. The Kier molecular flexibility index (Phi) is 7.09. The largest absolute Gasteiger partial charge is 0.455 e. The maximum absolute atomic E-state index is 6.57. The van der Waals surface area contributed by atoms with Gasteiger partial charge >= 0.3 is 0 Å².